The van der Waals surface area contributed by atoms with Crippen LogP contribution in [0, 0.1) is 5.39 Å². The van der Waals surface area contributed by atoms with Crippen LogP contribution in [0.2, 0.25) is 0 Å². The van der Waals surface area contributed by atoms with E-state index in [4.69, 9.17) is 5.39 Å². The van der Waals surface area contributed by atoms with E-state index in [-0.39, 0.29) is 0 Å². The minimum Gasteiger partial charge on any atom is -0.0654 e. The van der Waals surface area contributed by atoms with Gasteiger partial charge in [-0.2, -0.15) is 0 Å². The number of hydrogen-bond donors (Lipinski definition) is 0. The highest BCUT2D eigenvalue weighted by Gasteiger charge is 2.00. The number of unbranched alkanes of at least 4 members (excludes halogenated alkanes) is 7. The molecule has 0 aliphatic heterocycles. The molecule has 0 aromatic heterocycles. The first-order chi connectivity index (χ1) is 9.36. The molecule has 0 unspecified atom stereocenters. The summed E-state index contributed by atoms with van der Waals surface area (Å²) >= 11 is 0. The largest absolute Gasteiger partial charge is 0.330 e. The topological polar surface area (TPSA) is 28.1 Å². The van der Waals surface area contributed by atoms with Crippen molar-refractivity contribution in [2.24, 2.45) is 0 Å². The van der Waals surface area contributed by atoms with E-state index >= 15 is 0 Å². The molecule has 1 aromatic rings. The van der Waals surface area contributed by atoms with Gasteiger partial charge in [-0.25, -0.2) is 0 Å². The summed E-state index contributed by atoms with van der Waals surface area (Å²) in [6.45, 7) is 2.66. The fraction of sp³-hybridized carbons (Fsp3) is 0.647. The first-order valence-corrected chi connectivity index (χ1v) is 7.75. The number of aryl methyl sites for hydroxylation is 1. The van der Waals surface area contributed by atoms with Gasteiger partial charge in [0.2, 0.25) is 5.39 Å². The maximum atomic E-state index is 8.49. The van der Waals surface area contributed by atoms with E-state index < -0.39 is 0 Å². The fourth-order valence-corrected chi connectivity index (χ4v) is 2.36. The summed E-state index contributed by atoms with van der Waals surface area (Å²) < 4.78 is 0. The monoisotopic (exact) mass is 259 g/mol. The second-order valence-corrected chi connectivity index (χ2v) is 5.34. The second kappa shape index (κ2) is 10.6. The van der Waals surface area contributed by atoms with Crippen molar-refractivity contribution >= 4 is 0 Å². The van der Waals surface area contributed by atoms with Gasteiger partial charge < -0.3 is 0 Å². The Labute approximate surface area is 117 Å². The molecule has 19 heavy (non-hydrogen) atoms. The number of benzene rings is 1. The lowest BCUT2D eigenvalue weighted by Crippen LogP contribution is -1.88. The molecule has 0 bridgehead atoms. The van der Waals surface area contributed by atoms with Crippen molar-refractivity contribution in [3.8, 4) is 0 Å². The average molecular weight is 259 g/mol. The first-order valence-electron chi connectivity index (χ1n) is 7.75. The van der Waals surface area contributed by atoms with Gasteiger partial charge in [0, 0.05) is 5.56 Å². The second-order valence-electron chi connectivity index (χ2n) is 5.34. The maximum Gasteiger partial charge on any atom is 0.330 e. The van der Waals surface area contributed by atoms with E-state index in [1.165, 1.54) is 63.4 Å². The lowest BCUT2D eigenvalue weighted by atomic mass is 10.0. The molecule has 2 heteroatoms. The Kier molecular flexibility index (Phi) is 8.72. The molecule has 2 nitrogen and oxygen atoms in total. The Morgan fingerprint density at radius 3 is 1.89 bits per heavy atom. The lowest BCUT2D eigenvalue weighted by Gasteiger charge is -2.02. The number of nitrogens with zero attached hydrogens (tertiary/aromatic N) is 2. The molecular formula is C17H27N2+. The van der Waals surface area contributed by atoms with Gasteiger partial charge in [-0.15, -0.1) is 0 Å². The summed E-state index contributed by atoms with van der Waals surface area (Å²) in [5.74, 6) is 0. The van der Waals surface area contributed by atoms with E-state index in [1.807, 2.05) is 0 Å². The van der Waals surface area contributed by atoms with Crippen molar-refractivity contribution in [2.45, 2.75) is 71.3 Å². The highest BCUT2D eigenvalue weighted by atomic mass is 14.8. The molecule has 104 valence electrons. The normalized spacial score (nSPS) is 10.3. The van der Waals surface area contributed by atoms with Gasteiger partial charge in [0.15, 0.2) is 0 Å². The van der Waals surface area contributed by atoms with E-state index in [1.54, 1.807) is 0 Å². The third-order valence-electron chi connectivity index (χ3n) is 3.60. The van der Waals surface area contributed by atoms with Crippen LogP contribution >= 0.6 is 0 Å². The van der Waals surface area contributed by atoms with Crippen LogP contribution in [0.5, 0.6) is 0 Å². The summed E-state index contributed by atoms with van der Waals surface area (Å²) in [5.41, 5.74) is 2.47. The average Bonchev–Trinajstić information content (AvgIpc) is 2.44. The van der Waals surface area contributed by atoms with Crippen LogP contribution in [0.4, 0.5) is 0 Å². The smallest absolute Gasteiger partial charge is 0.0654 e. The third kappa shape index (κ3) is 7.62. The van der Waals surface area contributed by atoms with Gasteiger partial charge in [0.25, 0.3) is 0 Å². The summed E-state index contributed by atoms with van der Waals surface area (Å²) in [7, 11) is 0. The zero-order chi connectivity index (χ0) is 13.8. The van der Waals surface area contributed by atoms with Crippen LogP contribution < -0.4 is 0 Å². The fourth-order valence-electron chi connectivity index (χ4n) is 2.36. The van der Waals surface area contributed by atoms with Crippen molar-refractivity contribution < 1.29 is 0 Å². The van der Waals surface area contributed by atoms with Gasteiger partial charge in [-0.05, 0) is 18.4 Å². The summed E-state index contributed by atoms with van der Waals surface area (Å²) in [6, 6.07) is 8.42. The van der Waals surface area contributed by atoms with Crippen molar-refractivity contribution in [2.75, 3.05) is 0 Å². The Morgan fingerprint density at radius 2 is 1.32 bits per heavy atom. The van der Waals surface area contributed by atoms with Gasteiger partial charge in [0.1, 0.15) is 4.98 Å². The standard InChI is InChI=1S/C17H27N2/c1-2-3-4-5-6-7-8-9-10-16-11-13-17(14-12-16)15-19-18/h11-14H,2-10,15H2,1H3/q+1. The molecule has 1 aromatic carbocycles. The lowest BCUT2D eigenvalue weighted by molar-refractivity contribution is 0.575. The Morgan fingerprint density at radius 1 is 0.789 bits per heavy atom. The molecule has 0 saturated carbocycles. The highest BCUT2D eigenvalue weighted by molar-refractivity contribution is 5.23. The molecule has 0 radical (unpaired) electrons. The van der Waals surface area contributed by atoms with Crippen LogP contribution in [0.3, 0.4) is 0 Å². The molecule has 0 heterocycles. The molecule has 0 amide bonds. The predicted octanol–water partition coefficient (Wildman–Crippen LogP) is 5.72. The molecule has 0 aliphatic rings. The predicted molar refractivity (Wildman–Crippen MR) is 81.5 cm³/mol. The van der Waals surface area contributed by atoms with Gasteiger partial charge in [-0.1, -0.05) is 76.1 Å². The zero-order valence-corrected chi connectivity index (χ0v) is 12.3. The van der Waals surface area contributed by atoms with Crippen molar-refractivity contribution in [1.82, 2.24) is 0 Å². The summed E-state index contributed by atoms with van der Waals surface area (Å²) in [4.78, 5) is 3.15. The Hall–Kier alpha value is -1.36. The van der Waals surface area contributed by atoms with Crippen molar-refractivity contribution in [3.63, 3.8) is 0 Å². The zero-order valence-electron chi connectivity index (χ0n) is 12.3. The molecule has 0 saturated heterocycles. The van der Waals surface area contributed by atoms with E-state index in [0.29, 0.717) is 6.54 Å². The van der Waals surface area contributed by atoms with Crippen molar-refractivity contribution in [1.29, 1.82) is 5.39 Å². The quantitative estimate of drug-likeness (QED) is 0.390. The highest BCUT2D eigenvalue weighted by Crippen LogP contribution is 2.12. The number of hydrogen-bond acceptors (Lipinski definition) is 1. The number of diazo groups is 1. The minimum absolute atomic E-state index is 0.401. The summed E-state index contributed by atoms with van der Waals surface area (Å²) in [6.07, 6.45) is 12.1. The van der Waals surface area contributed by atoms with Gasteiger partial charge in [0.05, 0.1) is 0 Å². The minimum atomic E-state index is 0.401. The maximum absolute atomic E-state index is 8.49. The third-order valence-corrected chi connectivity index (χ3v) is 3.60. The summed E-state index contributed by atoms with van der Waals surface area (Å²) in [5, 5.41) is 8.49. The van der Waals surface area contributed by atoms with Crippen molar-refractivity contribution in [3.05, 3.63) is 40.4 Å². The van der Waals surface area contributed by atoms with Gasteiger partial charge in [-0.3, -0.25) is 0 Å². The molecular weight excluding hydrogens is 232 g/mol. The van der Waals surface area contributed by atoms with Gasteiger partial charge >= 0.3 is 6.54 Å². The molecule has 0 aliphatic carbocycles. The number of rotatable bonds is 10. The molecule has 1 rings (SSSR count). The SMILES string of the molecule is CCCCCCCCCCc1ccc(C[N+]#N)cc1. The molecule has 0 N–H and O–H groups in total. The van der Waals surface area contributed by atoms with E-state index in [0.717, 1.165) is 5.56 Å². The van der Waals surface area contributed by atoms with E-state index in [9.17, 15) is 0 Å². The molecule has 0 fully saturated rings. The van der Waals surface area contributed by atoms with Crippen LogP contribution in [-0.2, 0) is 13.0 Å². The van der Waals surface area contributed by atoms with Crippen LogP contribution in [0.25, 0.3) is 4.98 Å². The van der Waals surface area contributed by atoms with Crippen LogP contribution in [-0.4, -0.2) is 0 Å². The Bertz CT molecular complexity index is 362. The molecule has 0 atom stereocenters. The van der Waals surface area contributed by atoms with E-state index in [2.05, 4.69) is 36.2 Å². The Balaban J connectivity index is 2.04. The van der Waals surface area contributed by atoms with Crippen LogP contribution in [0.15, 0.2) is 24.3 Å². The first kappa shape index (κ1) is 15.7. The van der Waals surface area contributed by atoms with Crippen LogP contribution in [0.1, 0.15) is 69.4 Å². The molecule has 0 spiro atoms.